The van der Waals surface area contributed by atoms with E-state index in [4.69, 9.17) is 13.8 Å². The Labute approximate surface area is 204 Å². The van der Waals surface area contributed by atoms with Crippen LogP contribution in [0.3, 0.4) is 0 Å². The van der Waals surface area contributed by atoms with Crippen molar-refractivity contribution < 1.29 is 32.8 Å². The molecule has 200 valence electrons. The van der Waals surface area contributed by atoms with E-state index in [2.05, 4.69) is 13.8 Å². The lowest BCUT2D eigenvalue weighted by atomic mass is 10.0. The molecule has 0 bridgehead atoms. The van der Waals surface area contributed by atoms with E-state index in [1.807, 2.05) is 21.1 Å². The highest BCUT2D eigenvalue weighted by molar-refractivity contribution is 7.47. The number of likely N-dealkylation sites (N-methyl/N-ethyl adjacent to an activating group) is 1. The summed E-state index contributed by atoms with van der Waals surface area (Å²) in [4.78, 5) is 9.67. The van der Waals surface area contributed by atoms with Crippen molar-refractivity contribution in [3.63, 3.8) is 0 Å². The number of nitrogens with zero attached hydrogens (tertiary/aromatic N) is 1. The van der Waals surface area contributed by atoms with Crippen LogP contribution >= 0.6 is 7.82 Å². The zero-order chi connectivity index (χ0) is 25.0. The normalized spacial score (nSPS) is 16.0. The van der Waals surface area contributed by atoms with Crippen LogP contribution in [0.5, 0.6) is 0 Å². The second-order valence-electron chi connectivity index (χ2n) is 10.6. The predicted octanol–water partition coefficient (Wildman–Crippen LogP) is 5.93. The number of hydrogen-bond donors (Lipinski definition) is 2. The van der Waals surface area contributed by atoms with Crippen molar-refractivity contribution in [2.45, 2.75) is 103 Å². The molecule has 0 aliphatic rings. The number of rotatable bonds is 24. The quantitative estimate of drug-likeness (QED) is 0.0978. The maximum Gasteiger partial charge on any atom is 0.472 e. The molecule has 0 saturated heterocycles. The molecular weight excluding hydrogens is 441 g/mol. The Balaban J connectivity index is 3.56. The van der Waals surface area contributed by atoms with Gasteiger partial charge in [-0.2, -0.15) is 0 Å². The lowest BCUT2D eigenvalue weighted by Gasteiger charge is -2.24. The fraction of sp³-hybridized carbons (Fsp3) is 1.00. The molecular formula is C25H55NO6P+. The van der Waals surface area contributed by atoms with E-state index < -0.39 is 13.9 Å². The largest absolute Gasteiger partial charge is 0.472 e. The molecule has 7 nitrogen and oxygen atoms in total. The first-order valence-corrected chi connectivity index (χ1v) is 14.7. The zero-order valence-corrected chi connectivity index (χ0v) is 23.2. The summed E-state index contributed by atoms with van der Waals surface area (Å²) in [6.07, 6.45) is 16.4. The monoisotopic (exact) mass is 496 g/mol. The van der Waals surface area contributed by atoms with E-state index >= 15 is 0 Å². The topological polar surface area (TPSA) is 85.2 Å². The molecule has 0 heterocycles. The molecule has 33 heavy (non-hydrogen) atoms. The standard InChI is InChI=1S/C25H54NO6P/c1-6-7-8-9-10-11-12-13-14-15-16-17-18-24(2)21-30-22-25(27)23-32-33(28,29)31-20-19-26(3,4)5/h24-25,27H,6-23H2,1-5H3/p+1/t24?,25-/m1/s1. The van der Waals surface area contributed by atoms with Crippen molar-refractivity contribution >= 4 is 7.82 Å². The first-order valence-electron chi connectivity index (χ1n) is 13.2. The maximum absolute atomic E-state index is 11.8. The SMILES string of the molecule is CCCCCCCCCCCCCCC(C)COC[C@@H](O)COP(=O)(O)OCC[N+](C)(C)C. The first-order chi connectivity index (χ1) is 15.6. The van der Waals surface area contributed by atoms with E-state index in [9.17, 15) is 14.6 Å². The Morgan fingerprint density at radius 1 is 0.788 bits per heavy atom. The van der Waals surface area contributed by atoms with E-state index in [-0.39, 0.29) is 19.8 Å². The average Bonchev–Trinajstić information content (AvgIpc) is 2.72. The van der Waals surface area contributed by atoms with Gasteiger partial charge in [0.25, 0.3) is 0 Å². The number of quaternary nitrogens is 1. The maximum atomic E-state index is 11.8. The van der Waals surface area contributed by atoms with Crippen LogP contribution < -0.4 is 0 Å². The predicted molar refractivity (Wildman–Crippen MR) is 136 cm³/mol. The summed E-state index contributed by atoms with van der Waals surface area (Å²) in [6, 6.07) is 0. The van der Waals surface area contributed by atoms with Crippen LogP contribution in [0.1, 0.15) is 97.3 Å². The van der Waals surface area contributed by atoms with E-state index in [1.165, 1.54) is 77.0 Å². The van der Waals surface area contributed by atoms with Gasteiger partial charge < -0.3 is 19.2 Å². The van der Waals surface area contributed by atoms with Crippen LogP contribution in [0.15, 0.2) is 0 Å². The lowest BCUT2D eigenvalue weighted by Crippen LogP contribution is -2.37. The fourth-order valence-electron chi connectivity index (χ4n) is 3.52. The average molecular weight is 497 g/mol. The number of phosphoric acid groups is 1. The number of aliphatic hydroxyl groups excluding tert-OH is 1. The van der Waals surface area contributed by atoms with Crippen LogP contribution in [0.25, 0.3) is 0 Å². The summed E-state index contributed by atoms with van der Waals surface area (Å²) in [5.74, 6) is 0.434. The second kappa shape index (κ2) is 20.2. The van der Waals surface area contributed by atoms with Gasteiger partial charge in [0.15, 0.2) is 0 Å². The van der Waals surface area contributed by atoms with Crippen LogP contribution in [0, 0.1) is 5.92 Å². The lowest BCUT2D eigenvalue weighted by molar-refractivity contribution is -0.870. The van der Waals surface area contributed by atoms with Gasteiger partial charge in [0, 0.05) is 6.61 Å². The summed E-state index contributed by atoms with van der Waals surface area (Å²) < 4.78 is 27.8. The summed E-state index contributed by atoms with van der Waals surface area (Å²) in [7, 11) is 1.75. The van der Waals surface area contributed by atoms with Crippen LogP contribution in [-0.2, 0) is 18.3 Å². The molecule has 0 spiro atoms. The van der Waals surface area contributed by atoms with E-state index in [1.54, 1.807) is 0 Å². The van der Waals surface area contributed by atoms with E-state index in [0.29, 0.717) is 23.6 Å². The van der Waals surface area contributed by atoms with Crippen molar-refractivity contribution in [1.82, 2.24) is 0 Å². The van der Waals surface area contributed by atoms with Gasteiger partial charge in [0.05, 0.1) is 34.4 Å². The van der Waals surface area contributed by atoms with Gasteiger partial charge >= 0.3 is 7.82 Å². The highest BCUT2D eigenvalue weighted by atomic mass is 31.2. The molecule has 0 radical (unpaired) electrons. The zero-order valence-electron chi connectivity index (χ0n) is 22.3. The second-order valence-corrected chi connectivity index (χ2v) is 12.0. The van der Waals surface area contributed by atoms with Gasteiger partial charge in [0.1, 0.15) is 19.3 Å². The summed E-state index contributed by atoms with van der Waals surface area (Å²) in [6.45, 7) is 5.49. The Morgan fingerprint density at radius 3 is 1.82 bits per heavy atom. The number of unbranched alkanes of at least 4 members (excludes halogenated alkanes) is 11. The highest BCUT2D eigenvalue weighted by Gasteiger charge is 2.24. The molecule has 0 aromatic rings. The van der Waals surface area contributed by atoms with Crippen molar-refractivity contribution in [2.24, 2.45) is 5.92 Å². The van der Waals surface area contributed by atoms with Gasteiger partial charge in [-0.05, 0) is 12.3 Å². The molecule has 3 atom stereocenters. The number of phosphoric ester groups is 1. The smallest absolute Gasteiger partial charge is 0.388 e. The minimum absolute atomic E-state index is 0.0850. The number of ether oxygens (including phenoxy) is 1. The van der Waals surface area contributed by atoms with Gasteiger partial charge in [-0.3, -0.25) is 9.05 Å². The first kappa shape index (κ1) is 33.0. The third-order valence-corrected chi connectivity index (χ3v) is 6.69. The van der Waals surface area contributed by atoms with Crippen LogP contribution in [0.2, 0.25) is 0 Å². The van der Waals surface area contributed by atoms with Crippen molar-refractivity contribution in [3.05, 3.63) is 0 Å². The van der Waals surface area contributed by atoms with Gasteiger partial charge in [0.2, 0.25) is 0 Å². The Bertz CT molecular complexity index is 486. The summed E-state index contributed by atoms with van der Waals surface area (Å²) >= 11 is 0. The van der Waals surface area contributed by atoms with Gasteiger partial charge in [-0.1, -0.05) is 90.9 Å². The summed E-state index contributed by atoms with van der Waals surface area (Å²) in [5, 5.41) is 9.93. The molecule has 0 aliphatic heterocycles. The molecule has 0 fully saturated rings. The van der Waals surface area contributed by atoms with Crippen LogP contribution in [-0.4, -0.2) is 74.7 Å². The fourth-order valence-corrected chi connectivity index (χ4v) is 4.27. The number of aliphatic hydroxyl groups is 1. The van der Waals surface area contributed by atoms with Crippen LogP contribution in [0.4, 0.5) is 0 Å². The Hall–Kier alpha value is -0.0100. The van der Waals surface area contributed by atoms with Crippen molar-refractivity contribution in [3.8, 4) is 0 Å². The molecule has 2 unspecified atom stereocenters. The molecule has 2 N–H and O–H groups in total. The van der Waals surface area contributed by atoms with Gasteiger partial charge in [-0.25, -0.2) is 4.57 Å². The minimum Gasteiger partial charge on any atom is -0.388 e. The van der Waals surface area contributed by atoms with Crippen molar-refractivity contribution in [1.29, 1.82) is 0 Å². The molecule has 0 aliphatic carbocycles. The minimum atomic E-state index is -4.15. The molecule has 0 saturated carbocycles. The Morgan fingerprint density at radius 2 is 1.30 bits per heavy atom. The number of hydrogen-bond acceptors (Lipinski definition) is 5. The Kier molecular flexibility index (Phi) is 20.2. The molecule has 0 aromatic carbocycles. The summed E-state index contributed by atoms with van der Waals surface area (Å²) in [5.41, 5.74) is 0. The highest BCUT2D eigenvalue weighted by Crippen LogP contribution is 2.43. The van der Waals surface area contributed by atoms with Crippen molar-refractivity contribution in [2.75, 3.05) is 54.1 Å². The molecule has 8 heteroatoms. The molecule has 0 aromatic heterocycles. The molecule has 0 rings (SSSR count). The third kappa shape index (κ3) is 24.9. The molecule has 0 amide bonds. The van der Waals surface area contributed by atoms with Gasteiger partial charge in [-0.15, -0.1) is 0 Å². The van der Waals surface area contributed by atoms with E-state index in [0.717, 1.165) is 6.42 Å². The third-order valence-electron chi connectivity index (χ3n) is 5.71.